The van der Waals surface area contributed by atoms with Gasteiger partial charge in [-0.3, -0.25) is 0 Å². The molecule has 0 radical (unpaired) electrons. The summed E-state index contributed by atoms with van der Waals surface area (Å²) in [7, 11) is 3.26. The van der Waals surface area contributed by atoms with Crippen LogP contribution in [0.3, 0.4) is 0 Å². The minimum absolute atomic E-state index is 0.139. The zero-order valence-corrected chi connectivity index (χ0v) is 10.3. The Kier molecular flexibility index (Phi) is 6.15. The van der Waals surface area contributed by atoms with E-state index in [2.05, 4.69) is 10.3 Å². The van der Waals surface area contributed by atoms with Gasteiger partial charge in [-0.25, -0.2) is 4.98 Å². The van der Waals surface area contributed by atoms with Crippen molar-refractivity contribution >= 4 is 11.6 Å². The highest BCUT2D eigenvalue weighted by Gasteiger charge is 2.06. The monoisotopic (exact) mass is 244 g/mol. The molecule has 0 aromatic carbocycles. The van der Waals surface area contributed by atoms with E-state index in [1.807, 2.05) is 18.2 Å². The van der Waals surface area contributed by atoms with E-state index >= 15 is 0 Å². The van der Waals surface area contributed by atoms with Crippen LogP contribution in [0.25, 0.3) is 0 Å². The maximum atomic E-state index is 5.78. The van der Waals surface area contributed by atoms with Gasteiger partial charge < -0.3 is 14.8 Å². The minimum Gasteiger partial charge on any atom is -0.481 e. The number of hydrogen-bond donors (Lipinski definition) is 1. The molecular weight excluding hydrogens is 228 g/mol. The van der Waals surface area contributed by atoms with Crippen LogP contribution < -0.4 is 10.1 Å². The van der Waals surface area contributed by atoms with Gasteiger partial charge in [0.2, 0.25) is 5.88 Å². The summed E-state index contributed by atoms with van der Waals surface area (Å²) in [6.45, 7) is 1.24. The van der Waals surface area contributed by atoms with Gasteiger partial charge in [0.05, 0.1) is 19.4 Å². The SMILES string of the molecule is COCC(CCl)NCc1cccc(OC)n1. The lowest BCUT2D eigenvalue weighted by molar-refractivity contribution is 0.172. The molecule has 0 saturated carbocycles. The number of halogens is 1. The number of nitrogens with one attached hydrogen (secondary N) is 1. The van der Waals surface area contributed by atoms with E-state index in [4.69, 9.17) is 21.1 Å². The van der Waals surface area contributed by atoms with E-state index in [1.165, 1.54) is 0 Å². The Hall–Kier alpha value is -0.840. The predicted molar refractivity (Wildman–Crippen MR) is 64.0 cm³/mol. The molecule has 0 aliphatic carbocycles. The van der Waals surface area contributed by atoms with E-state index < -0.39 is 0 Å². The van der Waals surface area contributed by atoms with Crippen molar-refractivity contribution in [1.82, 2.24) is 10.3 Å². The van der Waals surface area contributed by atoms with Crippen LogP contribution in [0.4, 0.5) is 0 Å². The Labute approximate surface area is 101 Å². The lowest BCUT2D eigenvalue weighted by Gasteiger charge is -2.14. The van der Waals surface area contributed by atoms with Gasteiger partial charge in [0.15, 0.2) is 0 Å². The van der Waals surface area contributed by atoms with Crippen molar-refractivity contribution in [2.24, 2.45) is 0 Å². The van der Waals surface area contributed by atoms with Gasteiger partial charge in [0.1, 0.15) is 0 Å². The number of aromatic nitrogens is 1. The van der Waals surface area contributed by atoms with Crippen molar-refractivity contribution < 1.29 is 9.47 Å². The lowest BCUT2D eigenvalue weighted by atomic mass is 10.3. The summed E-state index contributed by atoms with van der Waals surface area (Å²) in [6, 6.07) is 5.81. The van der Waals surface area contributed by atoms with Crippen LogP contribution in [-0.2, 0) is 11.3 Å². The summed E-state index contributed by atoms with van der Waals surface area (Å²) in [6.07, 6.45) is 0. The van der Waals surface area contributed by atoms with Gasteiger partial charge in [0.25, 0.3) is 0 Å². The predicted octanol–water partition coefficient (Wildman–Crippen LogP) is 1.43. The summed E-state index contributed by atoms with van der Waals surface area (Å²) in [5.74, 6) is 1.13. The first-order valence-electron chi connectivity index (χ1n) is 5.08. The van der Waals surface area contributed by atoms with Crippen LogP contribution in [-0.4, -0.2) is 37.7 Å². The molecule has 0 amide bonds. The van der Waals surface area contributed by atoms with Crippen molar-refractivity contribution in [3.05, 3.63) is 23.9 Å². The quantitative estimate of drug-likeness (QED) is 0.737. The second-order valence-electron chi connectivity index (χ2n) is 3.36. The molecule has 1 rings (SSSR count). The average molecular weight is 245 g/mol. The largest absolute Gasteiger partial charge is 0.481 e. The number of rotatable bonds is 7. The van der Waals surface area contributed by atoms with Gasteiger partial charge >= 0.3 is 0 Å². The number of alkyl halides is 1. The highest BCUT2D eigenvalue weighted by Crippen LogP contribution is 2.06. The summed E-state index contributed by atoms with van der Waals surface area (Å²) in [5, 5.41) is 3.26. The normalized spacial score (nSPS) is 12.4. The molecular formula is C11H17ClN2O2. The third-order valence-corrected chi connectivity index (χ3v) is 2.49. The molecule has 0 saturated heterocycles. The summed E-state index contributed by atoms with van der Waals surface area (Å²) >= 11 is 5.78. The van der Waals surface area contributed by atoms with Crippen LogP contribution in [0.15, 0.2) is 18.2 Å². The maximum Gasteiger partial charge on any atom is 0.213 e. The molecule has 16 heavy (non-hydrogen) atoms. The highest BCUT2D eigenvalue weighted by molar-refractivity contribution is 6.18. The van der Waals surface area contributed by atoms with E-state index in [9.17, 15) is 0 Å². The van der Waals surface area contributed by atoms with Crippen LogP contribution >= 0.6 is 11.6 Å². The fourth-order valence-corrected chi connectivity index (χ4v) is 1.48. The van der Waals surface area contributed by atoms with Crippen molar-refractivity contribution in [2.45, 2.75) is 12.6 Å². The Balaban J connectivity index is 2.46. The molecule has 1 N–H and O–H groups in total. The zero-order valence-electron chi connectivity index (χ0n) is 9.57. The Morgan fingerprint density at radius 1 is 1.44 bits per heavy atom. The summed E-state index contributed by atoms with van der Waals surface area (Å²) in [4.78, 5) is 4.29. The highest BCUT2D eigenvalue weighted by atomic mass is 35.5. The number of hydrogen-bond acceptors (Lipinski definition) is 4. The second kappa shape index (κ2) is 7.44. The van der Waals surface area contributed by atoms with E-state index in [0.29, 0.717) is 24.9 Å². The number of methoxy groups -OCH3 is 2. The van der Waals surface area contributed by atoms with E-state index in [-0.39, 0.29) is 6.04 Å². The third kappa shape index (κ3) is 4.35. The second-order valence-corrected chi connectivity index (χ2v) is 3.67. The van der Waals surface area contributed by atoms with Crippen LogP contribution in [0, 0.1) is 0 Å². The van der Waals surface area contributed by atoms with Crippen molar-refractivity contribution in [3.63, 3.8) is 0 Å². The van der Waals surface area contributed by atoms with Crippen molar-refractivity contribution in [2.75, 3.05) is 26.7 Å². The van der Waals surface area contributed by atoms with Gasteiger partial charge in [-0.1, -0.05) is 6.07 Å². The molecule has 90 valence electrons. The molecule has 4 nitrogen and oxygen atoms in total. The van der Waals surface area contributed by atoms with E-state index in [0.717, 1.165) is 5.69 Å². The van der Waals surface area contributed by atoms with Crippen LogP contribution in [0.5, 0.6) is 5.88 Å². The first-order chi connectivity index (χ1) is 7.80. The summed E-state index contributed by atoms with van der Waals surface area (Å²) in [5.41, 5.74) is 0.922. The molecule has 0 spiro atoms. The van der Waals surface area contributed by atoms with Gasteiger partial charge in [-0.15, -0.1) is 11.6 Å². The van der Waals surface area contributed by atoms with Gasteiger partial charge in [0, 0.05) is 31.6 Å². The lowest BCUT2D eigenvalue weighted by Crippen LogP contribution is -2.34. The van der Waals surface area contributed by atoms with Crippen LogP contribution in [0.2, 0.25) is 0 Å². The van der Waals surface area contributed by atoms with Crippen LogP contribution in [0.1, 0.15) is 5.69 Å². The first-order valence-corrected chi connectivity index (χ1v) is 5.61. The number of ether oxygens (including phenoxy) is 2. The average Bonchev–Trinajstić information content (AvgIpc) is 2.34. The minimum atomic E-state index is 0.139. The number of pyridine rings is 1. The summed E-state index contributed by atoms with van der Waals surface area (Å²) < 4.78 is 10.1. The number of nitrogens with zero attached hydrogens (tertiary/aromatic N) is 1. The fourth-order valence-electron chi connectivity index (χ4n) is 1.28. The van der Waals surface area contributed by atoms with Crippen molar-refractivity contribution in [3.8, 4) is 5.88 Å². The standard InChI is InChI=1S/C11H17ClN2O2/c1-15-8-10(6-12)13-7-9-4-3-5-11(14-9)16-2/h3-5,10,13H,6-8H2,1-2H3. The topological polar surface area (TPSA) is 43.4 Å². The molecule has 0 aliphatic rings. The molecule has 0 aliphatic heterocycles. The maximum absolute atomic E-state index is 5.78. The smallest absolute Gasteiger partial charge is 0.213 e. The van der Waals surface area contributed by atoms with Crippen molar-refractivity contribution in [1.29, 1.82) is 0 Å². The Morgan fingerprint density at radius 2 is 2.25 bits per heavy atom. The molecule has 0 bridgehead atoms. The Morgan fingerprint density at radius 3 is 2.88 bits per heavy atom. The zero-order chi connectivity index (χ0) is 11.8. The molecule has 0 fully saturated rings. The molecule has 1 atom stereocenters. The molecule has 1 heterocycles. The molecule has 1 aromatic heterocycles. The fraction of sp³-hybridized carbons (Fsp3) is 0.545. The molecule has 5 heteroatoms. The molecule has 1 unspecified atom stereocenters. The van der Waals surface area contributed by atoms with Gasteiger partial charge in [-0.2, -0.15) is 0 Å². The Bertz CT molecular complexity index is 310. The van der Waals surface area contributed by atoms with Gasteiger partial charge in [-0.05, 0) is 6.07 Å². The first kappa shape index (κ1) is 13.2. The third-order valence-electron chi connectivity index (χ3n) is 2.12. The molecule has 1 aromatic rings. The van der Waals surface area contributed by atoms with E-state index in [1.54, 1.807) is 14.2 Å².